The number of halogens is 4. The summed E-state index contributed by atoms with van der Waals surface area (Å²) in [6.07, 6.45) is 9.95. The van der Waals surface area contributed by atoms with Gasteiger partial charge in [-0.1, -0.05) is 43.2 Å². The molecule has 2 aromatic carbocycles. The maximum Gasteiger partial charge on any atom is 0.416 e. The van der Waals surface area contributed by atoms with Gasteiger partial charge in [0.05, 0.1) is 5.56 Å². The van der Waals surface area contributed by atoms with Gasteiger partial charge in [0.1, 0.15) is 11.6 Å². The van der Waals surface area contributed by atoms with Gasteiger partial charge in [0.2, 0.25) is 0 Å². The molecule has 3 aromatic rings. The monoisotopic (exact) mass is 514 g/mol. The Balaban J connectivity index is 0.000000367. The van der Waals surface area contributed by atoms with Gasteiger partial charge < -0.3 is 11.1 Å². The fourth-order valence-electron chi connectivity index (χ4n) is 4.09. The van der Waals surface area contributed by atoms with Crippen LogP contribution in [0.5, 0.6) is 0 Å². The van der Waals surface area contributed by atoms with Gasteiger partial charge in [-0.15, -0.1) is 12.8 Å². The second-order valence-electron chi connectivity index (χ2n) is 8.56. The quantitative estimate of drug-likeness (QED) is 0.316. The predicted molar refractivity (Wildman–Crippen MR) is 135 cm³/mol. The smallest absolute Gasteiger partial charge is 0.352 e. The first-order valence-corrected chi connectivity index (χ1v) is 11.7. The normalized spacial score (nSPS) is 13.9. The van der Waals surface area contributed by atoms with Gasteiger partial charge in [0, 0.05) is 23.9 Å². The number of urea groups is 1. The van der Waals surface area contributed by atoms with Crippen LogP contribution in [0.2, 0.25) is 0 Å². The predicted octanol–water partition coefficient (Wildman–Crippen LogP) is 6.16. The van der Waals surface area contributed by atoms with Crippen molar-refractivity contribution in [2.75, 3.05) is 0 Å². The van der Waals surface area contributed by atoms with E-state index in [-0.39, 0.29) is 11.6 Å². The van der Waals surface area contributed by atoms with Crippen LogP contribution in [0.4, 0.5) is 22.4 Å². The molecule has 0 saturated heterocycles. The van der Waals surface area contributed by atoms with Crippen LogP contribution in [0.3, 0.4) is 0 Å². The van der Waals surface area contributed by atoms with Gasteiger partial charge in [-0.3, -0.25) is 0 Å². The zero-order chi connectivity index (χ0) is 27.4. The van der Waals surface area contributed by atoms with Crippen molar-refractivity contribution in [2.24, 2.45) is 5.73 Å². The summed E-state index contributed by atoms with van der Waals surface area (Å²) in [6.45, 7) is 1.78. The summed E-state index contributed by atoms with van der Waals surface area (Å²) in [5, 5.41) is 2.68. The summed E-state index contributed by atoms with van der Waals surface area (Å²) in [7, 11) is 0. The Morgan fingerprint density at radius 2 is 1.76 bits per heavy atom. The molecule has 9 heteroatoms. The van der Waals surface area contributed by atoms with Crippen molar-refractivity contribution in [2.45, 2.75) is 57.2 Å². The maximum atomic E-state index is 13.9. The number of aromatic nitrogens is 2. The molecule has 0 unspecified atom stereocenters. The fraction of sp³-hybridized carbons (Fsp3) is 0.321. The molecule has 1 saturated carbocycles. The van der Waals surface area contributed by atoms with E-state index in [2.05, 4.69) is 28.1 Å². The van der Waals surface area contributed by atoms with Crippen molar-refractivity contribution >= 4 is 6.03 Å². The molecule has 0 aliphatic heterocycles. The Morgan fingerprint density at radius 1 is 1.11 bits per heavy atom. The summed E-state index contributed by atoms with van der Waals surface area (Å²) in [5.74, 6) is -1.15. The summed E-state index contributed by atoms with van der Waals surface area (Å²) in [4.78, 5) is 18.8. The number of hydrogen-bond acceptors (Lipinski definition) is 3. The van der Waals surface area contributed by atoms with Crippen molar-refractivity contribution in [3.8, 4) is 12.8 Å². The van der Waals surface area contributed by atoms with Crippen molar-refractivity contribution in [1.82, 2.24) is 15.3 Å². The molecular weight excluding hydrogens is 484 g/mol. The number of terminal acetylenes is 1. The summed E-state index contributed by atoms with van der Waals surface area (Å²) in [5.41, 5.74) is 5.71. The van der Waals surface area contributed by atoms with Crippen molar-refractivity contribution in [3.63, 3.8) is 0 Å². The Labute approximate surface area is 214 Å². The van der Waals surface area contributed by atoms with Gasteiger partial charge in [0.15, 0.2) is 0 Å². The van der Waals surface area contributed by atoms with Crippen LogP contribution in [-0.2, 0) is 12.6 Å². The maximum absolute atomic E-state index is 13.9. The van der Waals surface area contributed by atoms with E-state index in [0.29, 0.717) is 30.0 Å². The van der Waals surface area contributed by atoms with Crippen LogP contribution in [0.25, 0.3) is 0 Å². The molecular formula is C28H30F4N4O. The van der Waals surface area contributed by atoms with Gasteiger partial charge >= 0.3 is 12.2 Å². The Morgan fingerprint density at radius 3 is 2.32 bits per heavy atom. The third kappa shape index (κ3) is 9.56. The van der Waals surface area contributed by atoms with E-state index in [9.17, 15) is 22.4 Å². The number of amides is 2. The number of carbonyl (C=O) groups is 1. The number of rotatable bonds is 5. The Kier molecular flexibility index (Phi) is 11.1. The molecule has 1 heterocycles. The zero-order valence-electron chi connectivity index (χ0n) is 20.5. The third-order valence-electron chi connectivity index (χ3n) is 5.76. The minimum atomic E-state index is -4.62. The zero-order valence-corrected chi connectivity index (χ0v) is 20.5. The van der Waals surface area contributed by atoms with E-state index >= 15 is 0 Å². The van der Waals surface area contributed by atoms with Crippen LogP contribution >= 0.6 is 0 Å². The minimum absolute atomic E-state index is 0.201. The molecule has 1 aliphatic carbocycles. The second kappa shape index (κ2) is 14.0. The van der Waals surface area contributed by atoms with E-state index < -0.39 is 23.5 Å². The molecule has 1 fully saturated rings. The number of nitrogens with one attached hydrogen (secondary N) is 1. The number of aryl methyl sites for hydroxylation is 1. The fourth-order valence-corrected chi connectivity index (χ4v) is 4.09. The number of nitrogens with two attached hydrogens (primary N) is 1. The average molecular weight is 515 g/mol. The molecule has 3 N–H and O–H groups in total. The van der Waals surface area contributed by atoms with Crippen LogP contribution in [0.1, 0.15) is 59.8 Å². The lowest BCUT2D eigenvalue weighted by Gasteiger charge is -2.18. The van der Waals surface area contributed by atoms with Gasteiger partial charge in [0.25, 0.3) is 0 Å². The van der Waals surface area contributed by atoms with E-state index in [4.69, 9.17) is 5.73 Å². The molecule has 0 bridgehead atoms. The van der Waals surface area contributed by atoms with E-state index in [1.54, 1.807) is 19.2 Å². The lowest BCUT2D eigenvalue weighted by molar-refractivity contribution is -0.137. The van der Waals surface area contributed by atoms with E-state index in [0.717, 1.165) is 30.5 Å². The van der Waals surface area contributed by atoms with Crippen molar-refractivity contribution < 1.29 is 22.4 Å². The first-order valence-electron chi connectivity index (χ1n) is 11.7. The van der Waals surface area contributed by atoms with Gasteiger partial charge in [-0.2, -0.15) is 13.2 Å². The van der Waals surface area contributed by atoms with Gasteiger partial charge in [-0.25, -0.2) is 19.2 Å². The summed E-state index contributed by atoms with van der Waals surface area (Å²) < 4.78 is 53.2. The summed E-state index contributed by atoms with van der Waals surface area (Å²) in [6, 6.07) is 13.6. The van der Waals surface area contributed by atoms with Crippen molar-refractivity contribution in [3.05, 3.63) is 94.8 Å². The number of benzene rings is 2. The minimum Gasteiger partial charge on any atom is -0.352 e. The average Bonchev–Trinajstić information content (AvgIpc) is 3.36. The van der Waals surface area contributed by atoms with Gasteiger partial charge in [-0.05, 0) is 61.6 Å². The van der Waals surface area contributed by atoms with Crippen LogP contribution in [-0.4, -0.2) is 22.0 Å². The molecule has 5 nitrogen and oxygen atoms in total. The standard InChI is InChI=1S/C20H16F4N2.C6H12N2O.C2H2/c1-13-7-8-25-19(26-13)18(9-14-5-3-2-4-6-14)15-10-16(20(22,23)24)12-17(21)11-15;7-6(9)8-5-3-1-2-4-5;1-2/h2-8,10-12,18H,9H2,1H3;5H,1-4H2,(H3,7,8,9);1-2H/t18-;;/m0../s1. The molecule has 37 heavy (non-hydrogen) atoms. The third-order valence-corrected chi connectivity index (χ3v) is 5.76. The topological polar surface area (TPSA) is 80.9 Å². The number of primary amides is 1. The molecule has 0 radical (unpaired) electrons. The number of carbonyl (C=O) groups excluding carboxylic acids is 1. The van der Waals surface area contributed by atoms with Crippen LogP contribution in [0, 0.1) is 25.6 Å². The Bertz CT molecular complexity index is 1160. The molecule has 1 aromatic heterocycles. The van der Waals surface area contributed by atoms with E-state index in [1.165, 1.54) is 12.8 Å². The first-order chi connectivity index (χ1) is 17.6. The number of nitrogens with zero attached hydrogens (tertiary/aromatic N) is 2. The molecule has 0 spiro atoms. The highest BCUT2D eigenvalue weighted by molar-refractivity contribution is 5.71. The molecule has 196 valence electrons. The highest BCUT2D eigenvalue weighted by atomic mass is 19.4. The van der Waals surface area contributed by atoms with Crippen molar-refractivity contribution in [1.29, 1.82) is 0 Å². The largest absolute Gasteiger partial charge is 0.416 e. The lowest BCUT2D eigenvalue weighted by atomic mass is 9.90. The SMILES string of the molecule is C#C.Cc1ccnc([C@@H](Cc2ccccc2)c2cc(F)cc(C(F)(F)F)c2)n1.NC(=O)NC1CCCC1. The molecule has 2 amide bonds. The highest BCUT2D eigenvalue weighted by Gasteiger charge is 2.32. The van der Waals surface area contributed by atoms with Crippen LogP contribution in [0.15, 0.2) is 60.8 Å². The number of alkyl halides is 3. The molecule has 4 rings (SSSR count). The Hall–Kier alpha value is -3.93. The first kappa shape index (κ1) is 29.3. The van der Waals surface area contributed by atoms with E-state index in [1.807, 2.05) is 30.3 Å². The summed E-state index contributed by atoms with van der Waals surface area (Å²) >= 11 is 0. The van der Waals surface area contributed by atoms with Crippen LogP contribution < -0.4 is 11.1 Å². The highest BCUT2D eigenvalue weighted by Crippen LogP contribution is 2.34. The lowest BCUT2D eigenvalue weighted by Crippen LogP contribution is -2.36. The second-order valence-corrected chi connectivity index (χ2v) is 8.56. The molecule has 1 aliphatic rings. The molecule has 1 atom stereocenters. The number of hydrogen-bond donors (Lipinski definition) is 2.